The number of fused-ring (bicyclic) bond motifs is 6. The van der Waals surface area contributed by atoms with Gasteiger partial charge in [-0.05, 0) is 183 Å². The molecule has 0 aliphatic heterocycles. The second kappa shape index (κ2) is 33.9. The fourth-order valence-corrected chi connectivity index (χ4v) is 11.9. The first-order chi connectivity index (χ1) is 51.5. The van der Waals surface area contributed by atoms with E-state index in [4.69, 9.17) is 39.0 Å². The van der Waals surface area contributed by atoms with Gasteiger partial charge >= 0.3 is 0 Å². The van der Waals surface area contributed by atoms with Crippen molar-refractivity contribution in [3.63, 3.8) is 0 Å². The van der Waals surface area contributed by atoms with E-state index in [0.29, 0.717) is 89.8 Å². The Morgan fingerprint density at radius 1 is 0.355 bits per heavy atom. The Kier molecular flexibility index (Phi) is 23.4. The summed E-state index contributed by atoms with van der Waals surface area (Å²) in [5.41, 5.74) is 41.3. The number of carbonyl (C=O) groups excluding carboxylic acids is 5. The summed E-state index contributed by atoms with van der Waals surface area (Å²) in [4.78, 5) is 99.4. The van der Waals surface area contributed by atoms with E-state index < -0.39 is 11.8 Å². The number of hydrogen-bond acceptors (Lipinski definition) is 19. The molecule has 0 saturated heterocycles. The summed E-state index contributed by atoms with van der Waals surface area (Å²) < 4.78 is 0. The van der Waals surface area contributed by atoms with Crippen LogP contribution in [-0.2, 0) is 38.9 Å². The number of nitrogens with two attached hydrogens (primary N) is 5. The molecule has 0 fully saturated rings. The molecule has 6 aromatic carbocycles. The molecule has 0 bridgehead atoms. The Labute approximate surface area is 613 Å². The van der Waals surface area contributed by atoms with Crippen molar-refractivity contribution in [2.75, 3.05) is 24.3 Å². The van der Waals surface area contributed by atoms with Crippen LogP contribution >= 0.6 is 0 Å². The molecule has 0 atom stereocenters. The highest BCUT2D eigenvalue weighted by atomic mass is 16.2. The number of benzene rings is 6. The first-order valence-electron chi connectivity index (χ1n) is 33.2. The molecular formula is C83H72N18O6. The lowest BCUT2D eigenvalue weighted by Crippen LogP contribution is -2.23. The third kappa shape index (κ3) is 18.4. The number of aliphatic hydroxyl groups is 1. The van der Waals surface area contributed by atoms with Crippen molar-refractivity contribution >= 4 is 112 Å². The predicted molar refractivity (Wildman–Crippen MR) is 415 cm³/mol. The highest BCUT2D eigenvalue weighted by Crippen LogP contribution is 2.26. The first kappa shape index (κ1) is 73.6. The van der Waals surface area contributed by atoms with E-state index in [1.54, 1.807) is 85.7 Å². The zero-order valence-electron chi connectivity index (χ0n) is 57.1. The van der Waals surface area contributed by atoms with Crippen LogP contribution in [0.2, 0.25) is 0 Å². The van der Waals surface area contributed by atoms with Gasteiger partial charge in [0.2, 0.25) is 0 Å². The summed E-state index contributed by atoms with van der Waals surface area (Å²) in [5, 5.41) is 33.3. The van der Waals surface area contributed by atoms with Gasteiger partial charge in [0, 0.05) is 149 Å². The molecule has 24 nitrogen and oxygen atoms in total. The number of carbonyl (C=O) groups is 5. The molecule has 530 valence electrons. The van der Waals surface area contributed by atoms with Crippen LogP contribution in [0.1, 0.15) is 116 Å². The van der Waals surface area contributed by atoms with Crippen LogP contribution in [-0.4, -0.2) is 86.6 Å². The number of hydrogen-bond donors (Lipinski definition) is 9. The number of nitriles is 1. The second-order valence-electron chi connectivity index (χ2n) is 24.5. The topological polar surface area (TPSA) is 412 Å². The summed E-state index contributed by atoms with van der Waals surface area (Å²) in [7, 11) is 1.00. The molecule has 107 heavy (non-hydrogen) atoms. The lowest BCUT2D eigenvalue weighted by molar-refractivity contribution is 0.0942. The lowest BCUT2D eigenvalue weighted by Gasteiger charge is -2.09. The fraction of sp³-hybridized carbons (Fsp3) is 0.0964. The maximum absolute atomic E-state index is 12.8. The van der Waals surface area contributed by atoms with E-state index in [2.05, 4.69) is 66.9 Å². The monoisotopic (exact) mass is 1420 g/mol. The van der Waals surface area contributed by atoms with Gasteiger partial charge in [-0.15, -0.1) is 0 Å². The number of pyridine rings is 9. The highest BCUT2D eigenvalue weighted by Gasteiger charge is 2.15. The van der Waals surface area contributed by atoms with Crippen LogP contribution in [0.5, 0.6) is 0 Å². The molecular weight excluding hydrogens is 1350 g/mol. The SMILES string of the molecule is C.CO.N#Cc1ccc2cc(Cc3cc(C(=O)NCc4ccc5c(N)nccc5c4)ccn3)ccc2n1.NC(=O)c1ccc2cc(Cc3cc(C(=O)NCc4ccc5c(N)nccc5c4)ccn3)ccc2n1.NC(=O)c1ccc2cc(Cc3cc(C(=O)NCc4ccc5c(N)nccc5c4)ccn3)ccc2n1. The normalized spacial score (nSPS) is 10.7. The quantitative estimate of drug-likeness (QED) is 0.0409. The molecule has 0 unspecified atom stereocenters. The average molecular weight is 1420 g/mol. The van der Waals surface area contributed by atoms with Crippen LogP contribution < -0.4 is 44.6 Å². The van der Waals surface area contributed by atoms with Crippen LogP contribution in [0.4, 0.5) is 17.5 Å². The number of nitrogens with zero attached hydrogens (tertiary/aromatic N) is 10. The van der Waals surface area contributed by atoms with Gasteiger partial charge in [-0.1, -0.05) is 74.2 Å². The van der Waals surface area contributed by atoms with E-state index in [1.165, 1.54) is 0 Å². The van der Waals surface area contributed by atoms with Crippen molar-refractivity contribution in [3.8, 4) is 6.07 Å². The summed E-state index contributed by atoms with van der Waals surface area (Å²) in [6, 6.07) is 63.6. The van der Waals surface area contributed by atoms with Crippen molar-refractivity contribution in [3.05, 3.63) is 322 Å². The van der Waals surface area contributed by atoms with Crippen molar-refractivity contribution in [2.45, 2.75) is 46.3 Å². The lowest BCUT2D eigenvalue weighted by atomic mass is 10.0. The number of nitrogens with one attached hydrogen (secondary N) is 3. The van der Waals surface area contributed by atoms with Crippen molar-refractivity contribution < 1.29 is 29.1 Å². The first-order valence-corrected chi connectivity index (χ1v) is 33.2. The van der Waals surface area contributed by atoms with Gasteiger partial charge in [-0.25, -0.2) is 29.9 Å². The summed E-state index contributed by atoms with van der Waals surface area (Å²) in [6.45, 7) is 1.18. The maximum atomic E-state index is 12.8. The van der Waals surface area contributed by atoms with Crippen molar-refractivity contribution in [2.24, 2.45) is 11.5 Å². The van der Waals surface area contributed by atoms with E-state index in [1.807, 2.05) is 152 Å². The molecule has 14 N–H and O–H groups in total. The Bertz CT molecular complexity index is 5690. The van der Waals surface area contributed by atoms with Crippen LogP contribution in [0, 0.1) is 11.3 Å². The minimum Gasteiger partial charge on any atom is -0.400 e. The minimum atomic E-state index is -0.558. The Hall–Kier alpha value is -14.6. The molecule has 9 heterocycles. The Morgan fingerprint density at radius 3 is 0.981 bits per heavy atom. The molecule has 0 spiro atoms. The van der Waals surface area contributed by atoms with Crippen molar-refractivity contribution in [1.29, 1.82) is 5.26 Å². The molecule has 15 rings (SSSR count). The highest BCUT2D eigenvalue weighted by molar-refractivity contribution is 5.98. The van der Waals surface area contributed by atoms with E-state index >= 15 is 0 Å². The van der Waals surface area contributed by atoms with Gasteiger partial charge in [0.1, 0.15) is 40.6 Å². The van der Waals surface area contributed by atoms with Gasteiger partial charge in [0.05, 0.1) is 16.6 Å². The number of anilines is 3. The second-order valence-corrected chi connectivity index (χ2v) is 24.5. The van der Waals surface area contributed by atoms with E-state index in [-0.39, 0.29) is 36.5 Å². The Morgan fingerprint density at radius 2 is 0.654 bits per heavy atom. The molecule has 0 saturated carbocycles. The van der Waals surface area contributed by atoms with Gasteiger partial charge in [-0.3, -0.25) is 38.9 Å². The fourth-order valence-electron chi connectivity index (χ4n) is 11.9. The molecule has 9 aromatic heterocycles. The minimum absolute atomic E-state index is 0. The number of aliphatic hydroxyl groups excluding tert-OH is 1. The average Bonchev–Trinajstić information content (AvgIpc) is 1.01. The predicted octanol–water partition coefficient (Wildman–Crippen LogP) is 11.2. The number of rotatable bonds is 17. The molecule has 5 amide bonds. The van der Waals surface area contributed by atoms with Crippen molar-refractivity contribution in [1.82, 2.24) is 60.8 Å². The van der Waals surface area contributed by atoms with Crippen LogP contribution in [0.25, 0.3) is 65.0 Å². The van der Waals surface area contributed by atoms with Crippen LogP contribution in [0.3, 0.4) is 0 Å². The maximum Gasteiger partial charge on any atom is 0.267 e. The molecule has 0 aliphatic rings. The zero-order chi connectivity index (χ0) is 74.2. The molecule has 0 aliphatic carbocycles. The van der Waals surface area contributed by atoms with Gasteiger partial charge in [0.15, 0.2) is 0 Å². The summed E-state index contributed by atoms with van der Waals surface area (Å²) in [5.74, 6) is -0.164. The van der Waals surface area contributed by atoms with Gasteiger partial charge in [0.25, 0.3) is 29.5 Å². The zero-order valence-corrected chi connectivity index (χ0v) is 57.1. The number of aromatic nitrogens is 9. The Balaban J connectivity index is 0.000000157. The third-order valence-corrected chi connectivity index (χ3v) is 17.2. The largest absolute Gasteiger partial charge is 0.400 e. The smallest absolute Gasteiger partial charge is 0.267 e. The molecule has 0 radical (unpaired) electrons. The number of amides is 5. The van der Waals surface area contributed by atoms with E-state index in [9.17, 15) is 24.0 Å². The van der Waals surface area contributed by atoms with Gasteiger partial charge < -0.3 is 49.7 Å². The standard InChI is InChI=1S/2C27H22N6O2.C27H20N6O.CH4O.CH4/c2*28-25-22-4-1-17(12-18(22)7-10-31-25)15-32-27(35)20-8-9-30-21(14-20)13-16-2-5-23-19(11-16)3-6-24(33-23)26(29)34;28-15-22-4-3-20-11-17(2-6-25(20)33-22)13-23-14-21(8-9-30-23)27(34)32-16-18-1-5-24-19(12-18)7-10-31-26(24)29;1-2;/h2*1-12,14H,13,15H2,(H2,28,31)(H2,29,34)(H,32,35);1-12,14H,13,16H2,(H2,29,31)(H,32,34);2H,1H3;1H4. The molecule has 24 heteroatoms. The molecule has 15 aromatic rings. The third-order valence-electron chi connectivity index (χ3n) is 17.2. The number of primary amides is 2. The summed E-state index contributed by atoms with van der Waals surface area (Å²) in [6.07, 6.45) is 11.6. The van der Waals surface area contributed by atoms with Gasteiger partial charge in [-0.2, -0.15) is 5.26 Å². The number of nitrogen functional groups attached to an aromatic ring is 3. The van der Waals surface area contributed by atoms with Crippen LogP contribution in [0.15, 0.2) is 237 Å². The van der Waals surface area contributed by atoms with E-state index in [0.717, 1.165) is 112 Å². The summed E-state index contributed by atoms with van der Waals surface area (Å²) >= 11 is 0.